The van der Waals surface area contributed by atoms with E-state index in [-0.39, 0.29) is 15.4 Å². The molecule has 0 heterocycles. The minimum absolute atomic E-state index is 0.00856. The highest BCUT2D eigenvalue weighted by Crippen LogP contribution is 2.41. The summed E-state index contributed by atoms with van der Waals surface area (Å²) >= 11 is 5.57. The van der Waals surface area contributed by atoms with Crippen molar-refractivity contribution in [2.24, 2.45) is 0 Å². The third-order valence-corrected chi connectivity index (χ3v) is 2.93. The number of carbonyl (C=O) groups is 1. The van der Waals surface area contributed by atoms with E-state index in [4.69, 9.17) is 0 Å². The van der Waals surface area contributed by atoms with Gasteiger partial charge in [-0.25, -0.2) is 0 Å². The van der Waals surface area contributed by atoms with E-state index < -0.39 is 23.3 Å². The Hall–Kier alpha value is -0.560. The summed E-state index contributed by atoms with van der Waals surface area (Å²) in [6, 6.07) is 1.84. The molecule has 0 atom stereocenters. The molecule has 1 aromatic carbocycles. The second-order valence-electron chi connectivity index (χ2n) is 2.91. The third-order valence-electron chi connectivity index (χ3n) is 1.80. The van der Waals surface area contributed by atoms with E-state index in [9.17, 15) is 23.1 Å². The molecule has 0 fully saturated rings. The van der Waals surface area contributed by atoms with Crippen molar-refractivity contribution < 1.29 is 23.1 Å². The van der Waals surface area contributed by atoms with Crippen molar-refractivity contribution in [3.05, 3.63) is 27.7 Å². The maximum Gasteiger partial charge on any atom is 0.421 e. The van der Waals surface area contributed by atoms with Crippen LogP contribution in [0.25, 0.3) is 0 Å². The lowest BCUT2D eigenvalue weighted by molar-refractivity contribution is -0.139. The Morgan fingerprint density at radius 1 is 1.38 bits per heavy atom. The zero-order valence-corrected chi connectivity index (χ0v) is 10.8. The van der Waals surface area contributed by atoms with Crippen LogP contribution < -0.4 is 0 Å². The molecule has 1 aromatic rings. The fraction of sp³-hybridized carbons (Fsp3) is 0.222. The van der Waals surface area contributed by atoms with E-state index in [0.29, 0.717) is 0 Å². The van der Waals surface area contributed by atoms with Gasteiger partial charge >= 0.3 is 6.18 Å². The van der Waals surface area contributed by atoms with Crippen LogP contribution in [0.2, 0.25) is 0 Å². The number of alkyl halides is 4. The standard InChI is InChI=1S/C9H5Br2F3O2/c10-3-7(16)4-1-5(11)8(6(15)2-4)9(12,13)14/h1-2,15H,3H2. The van der Waals surface area contributed by atoms with E-state index in [1.54, 1.807) is 0 Å². The third kappa shape index (κ3) is 2.76. The Bertz CT molecular complexity index is 406. The average Bonchev–Trinajstić information content (AvgIpc) is 2.13. The predicted molar refractivity (Wildman–Crippen MR) is 58.9 cm³/mol. The smallest absolute Gasteiger partial charge is 0.421 e. The molecule has 1 rings (SSSR count). The van der Waals surface area contributed by atoms with Crippen molar-refractivity contribution in [1.29, 1.82) is 0 Å². The largest absolute Gasteiger partial charge is 0.507 e. The number of carbonyl (C=O) groups excluding carboxylic acids is 1. The Kier molecular flexibility index (Phi) is 4.01. The van der Waals surface area contributed by atoms with E-state index in [1.165, 1.54) is 0 Å². The van der Waals surface area contributed by atoms with E-state index in [0.717, 1.165) is 12.1 Å². The zero-order valence-electron chi connectivity index (χ0n) is 7.61. The van der Waals surface area contributed by atoms with Gasteiger partial charge in [-0.05, 0) is 12.1 Å². The summed E-state index contributed by atoms with van der Waals surface area (Å²) in [6.07, 6.45) is -4.67. The first kappa shape index (κ1) is 13.5. The van der Waals surface area contributed by atoms with Gasteiger partial charge in [0.25, 0.3) is 0 Å². The Morgan fingerprint density at radius 3 is 2.31 bits per heavy atom. The average molecular weight is 362 g/mol. The summed E-state index contributed by atoms with van der Waals surface area (Å²) in [5, 5.41) is 9.21. The molecule has 0 bridgehead atoms. The number of hydrogen-bond acceptors (Lipinski definition) is 2. The molecule has 0 saturated carbocycles. The second kappa shape index (κ2) is 4.75. The van der Waals surface area contributed by atoms with E-state index in [2.05, 4.69) is 31.9 Å². The molecule has 0 unspecified atom stereocenters. The molecule has 0 saturated heterocycles. The fourth-order valence-electron chi connectivity index (χ4n) is 1.11. The van der Waals surface area contributed by atoms with Crippen molar-refractivity contribution in [3.8, 4) is 5.75 Å². The van der Waals surface area contributed by atoms with Crippen LogP contribution in [0.1, 0.15) is 15.9 Å². The molecular weight excluding hydrogens is 357 g/mol. The van der Waals surface area contributed by atoms with Gasteiger partial charge in [0, 0.05) is 10.0 Å². The number of ketones is 1. The number of rotatable bonds is 2. The zero-order chi connectivity index (χ0) is 12.5. The van der Waals surface area contributed by atoms with Crippen LogP contribution in [0, 0.1) is 0 Å². The monoisotopic (exact) mass is 360 g/mol. The van der Waals surface area contributed by atoms with Crippen molar-refractivity contribution in [1.82, 2.24) is 0 Å². The van der Waals surface area contributed by atoms with Crippen molar-refractivity contribution >= 4 is 37.6 Å². The maximum atomic E-state index is 12.4. The van der Waals surface area contributed by atoms with Crippen LogP contribution in [-0.4, -0.2) is 16.2 Å². The van der Waals surface area contributed by atoms with Gasteiger partial charge in [0.2, 0.25) is 0 Å². The first-order valence-corrected chi connectivity index (χ1v) is 5.87. The number of phenols is 1. The number of phenolic OH excluding ortho intramolecular Hbond substituents is 1. The molecule has 16 heavy (non-hydrogen) atoms. The number of aromatic hydroxyl groups is 1. The number of Topliss-reactive ketones (excluding diaryl/α,β-unsaturated/α-hetero) is 1. The summed E-state index contributed by atoms with van der Waals surface area (Å²) in [5.74, 6) is -1.38. The molecular formula is C9H5Br2F3O2. The first-order valence-electron chi connectivity index (χ1n) is 3.96. The quantitative estimate of drug-likeness (QED) is 0.643. The first-order chi connectivity index (χ1) is 7.27. The molecule has 0 spiro atoms. The van der Waals surface area contributed by atoms with Gasteiger partial charge in [0.1, 0.15) is 11.3 Å². The minimum Gasteiger partial charge on any atom is -0.507 e. The molecule has 2 nitrogen and oxygen atoms in total. The van der Waals surface area contributed by atoms with Crippen molar-refractivity contribution in [2.75, 3.05) is 5.33 Å². The van der Waals surface area contributed by atoms with Crippen molar-refractivity contribution in [3.63, 3.8) is 0 Å². The molecule has 0 aliphatic rings. The van der Waals surface area contributed by atoms with Crippen LogP contribution in [-0.2, 0) is 6.18 Å². The highest BCUT2D eigenvalue weighted by molar-refractivity contribution is 9.10. The molecule has 0 radical (unpaired) electrons. The van der Waals surface area contributed by atoms with Crippen LogP contribution in [0.5, 0.6) is 5.75 Å². The minimum atomic E-state index is -4.67. The fourth-order valence-corrected chi connectivity index (χ4v) is 2.11. The Morgan fingerprint density at radius 2 is 1.94 bits per heavy atom. The van der Waals surface area contributed by atoms with Gasteiger partial charge in [-0.3, -0.25) is 4.79 Å². The number of hydrogen-bond donors (Lipinski definition) is 1. The molecule has 0 aliphatic carbocycles. The van der Waals surface area contributed by atoms with Gasteiger partial charge in [0.15, 0.2) is 5.78 Å². The lowest BCUT2D eigenvalue weighted by Gasteiger charge is -2.12. The Labute approximate surface area is 106 Å². The molecule has 0 aromatic heterocycles. The summed E-state index contributed by atoms with van der Waals surface area (Å²) in [4.78, 5) is 11.2. The van der Waals surface area contributed by atoms with Gasteiger partial charge in [-0.1, -0.05) is 31.9 Å². The molecule has 88 valence electrons. The molecule has 0 amide bonds. The van der Waals surface area contributed by atoms with Crippen LogP contribution in [0.3, 0.4) is 0 Å². The SMILES string of the molecule is O=C(CBr)c1cc(O)c(C(F)(F)F)c(Br)c1. The molecule has 1 N–H and O–H groups in total. The topological polar surface area (TPSA) is 37.3 Å². The second-order valence-corrected chi connectivity index (χ2v) is 4.32. The highest BCUT2D eigenvalue weighted by atomic mass is 79.9. The van der Waals surface area contributed by atoms with Crippen LogP contribution in [0.15, 0.2) is 16.6 Å². The summed E-state index contributed by atoms with van der Waals surface area (Å²) in [6.45, 7) is 0. The highest BCUT2D eigenvalue weighted by Gasteiger charge is 2.36. The van der Waals surface area contributed by atoms with E-state index in [1.807, 2.05) is 0 Å². The lowest BCUT2D eigenvalue weighted by Crippen LogP contribution is -2.08. The number of benzene rings is 1. The van der Waals surface area contributed by atoms with Gasteiger partial charge < -0.3 is 5.11 Å². The van der Waals surface area contributed by atoms with Crippen molar-refractivity contribution in [2.45, 2.75) is 6.18 Å². The normalized spacial score (nSPS) is 11.6. The summed E-state index contributed by atoms with van der Waals surface area (Å²) < 4.78 is 37.0. The summed E-state index contributed by atoms with van der Waals surface area (Å²) in [5.41, 5.74) is -1.17. The van der Waals surface area contributed by atoms with Crippen LogP contribution in [0.4, 0.5) is 13.2 Å². The predicted octanol–water partition coefficient (Wildman–Crippen LogP) is 3.75. The maximum absolute atomic E-state index is 12.4. The van der Waals surface area contributed by atoms with Gasteiger partial charge in [-0.15, -0.1) is 0 Å². The summed E-state index contributed by atoms with van der Waals surface area (Å²) in [7, 11) is 0. The molecule has 0 aliphatic heterocycles. The Balaban J connectivity index is 3.34. The van der Waals surface area contributed by atoms with Gasteiger partial charge in [0.05, 0.1) is 5.33 Å². The van der Waals surface area contributed by atoms with E-state index >= 15 is 0 Å². The lowest BCUT2D eigenvalue weighted by atomic mass is 10.1. The molecule has 7 heteroatoms. The number of halogens is 5. The van der Waals surface area contributed by atoms with Crippen LogP contribution >= 0.6 is 31.9 Å². The van der Waals surface area contributed by atoms with Gasteiger partial charge in [-0.2, -0.15) is 13.2 Å².